The van der Waals surface area contributed by atoms with Crippen LogP contribution in [0.1, 0.15) is 54.4 Å². The molecule has 0 unspecified atom stereocenters. The lowest BCUT2D eigenvalue weighted by Gasteiger charge is -2.31. The summed E-state index contributed by atoms with van der Waals surface area (Å²) < 4.78 is 41.9. The number of aryl methyl sites for hydroxylation is 2. The maximum Gasteiger partial charge on any atom is 0.433 e. The average Bonchev–Trinajstić information content (AvgIpc) is 3.22. The molecule has 0 saturated heterocycles. The number of hydrogen-bond donors (Lipinski definition) is 2. The second-order valence-electron chi connectivity index (χ2n) is 8.28. The number of benzene rings is 1. The van der Waals surface area contributed by atoms with Crippen LogP contribution in [0.5, 0.6) is 0 Å². The van der Waals surface area contributed by atoms with Gasteiger partial charge in [-0.2, -0.15) is 18.3 Å². The molecule has 0 bridgehead atoms. The number of aromatic nitrogens is 3. The highest BCUT2D eigenvalue weighted by atomic mass is 19.4. The van der Waals surface area contributed by atoms with Crippen LogP contribution in [0.4, 0.5) is 18.9 Å². The second kappa shape index (κ2) is 8.80. The fourth-order valence-corrected chi connectivity index (χ4v) is 4.31. The Hall–Kier alpha value is -3.10. The zero-order valence-electron chi connectivity index (χ0n) is 18.0. The Balaban J connectivity index is 1.53. The first kappa shape index (κ1) is 22.1. The number of amides is 1. The smallest absolute Gasteiger partial charge is 0.382 e. The fourth-order valence-electron chi connectivity index (χ4n) is 4.31. The van der Waals surface area contributed by atoms with Crippen molar-refractivity contribution in [2.24, 2.45) is 0 Å². The van der Waals surface area contributed by atoms with E-state index in [-0.39, 0.29) is 18.0 Å². The second-order valence-corrected chi connectivity index (χ2v) is 8.28. The topological polar surface area (TPSA) is 71.8 Å². The van der Waals surface area contributed by atoms with Gasteiger partial charge in [0.1, 0.15) is 11.4 Å². The summed E-state index contributed by atoms with van der Waals surface area (Å²) >= 11 is 0. The highest BCUT2D eigenvalue weighted by Gasteiger charge is 2.34. The molecule has 9 heteroatoms. The normalized spacial score (nSPS) is 19.2. The summed E-state index contributed by atoms with van der Waals surface area (Å²) in [5, 5.41) is 11.2. The van der Waals surface area contributed by atoms with E-state index in [0.717, 1.165) is 30.9 Å². The van der Waals surface area contributed by atoms with E-state index in [2.05, 4.69) is 20.7 Å². The van der Waals surface area contributed by atoms with Gasteiger partial charge in [0.25, 0.3) is 5.91 Å². The summed E-state index contributed by atoms with van der Waals surface area (Å²) in [6.45, 7) is 4.41. The Morgan fingerprint density at radius 1 is 1.19 bits per heavy atom. The van der Waals surface area contributed by atoms with E-state index in [4.69, 9.17) is 0 Å². The van der Waals surface area contributed by atoms with Crippen molar-refractivity contribution in [2.45, 2.75) is 64.3 Å². The number of pyridine rings is 1. The van der Waals surface area contributed by atoms with Gasteiger partial charge in [0.05, 0.1) is 5.52 Å². The van der Waals surface area contributed by atoms with Crippen LogP contribution in [0.3, 0.4) is 0 Å². The van der Waals surface area contributed by atoms with Crippen molar-refractivity contribution in [1.82, 2.24) is 20.1 Å². The zero-order valence-corrected chi connectivity index (χ0v) is 18.0. The van der Waals surface area contributed by atoms with E-state index in [0.29, 0.717) is 35.2 Å². The third-order valence-electron chi connectivity index (χ3n) is 5.87. The Morgan fingerprint density at radius 3 is 2.72 bits per heavy atom. The molecular formula is C23H26F3N5O. The molecule has 2 heterocycles. The van der Waals surface area contributed by atoms with Crippen LogP contribution in [-0.4, -0.2) is 32.8 Å². The van der Waals surface area contributed by atoms with Crippen molar-refractivity contribution < 1.29 is 18.0 Å². The quantitative estimate of drug-likeness (QED) is 0.584. The number of anilines is 1. The van der Waals surface area contributed by atoms with Crippen LogP contribution < -0.4 is 10.6 Å². The number of carbonyl (C=O) groups is 1. The fraction of sp³-hybridized carbons (Fsp3) is 0.435. The largest absolute Gasteiger partial charge is 0.433 e. The van der Waals surface area contributed by atoms with Crippen LogP contribution >= 0.6 is 0 Å². The summed E-state index contributed by atoms with van der Waals surface area (Å²) in [6.07, 6.45) is 0.205. The molecule has 1 aromatic carbocycles. The third kappa shape index (κ3) is 4.71. The minimum atomic E-state index is -4.53. The molecule has 2 atom stereocenters. The van der Waals surface area contributed by atoms with Gasteiger partial charge < -0.3 is 10.6 Å². The molecule has 6 nitrogen and oxygen atoms in total. The highest BCUT2D eigenvalue weighted by Crippen LogP contribution is 2.34. The molecule has 2 N–H and O–H groups in total. The standard InChI is InChI=1S/C23H26F3N5O/c1-3-31-20(9-10-27-31)22(32)29-16-6-4-5-15(12-16)28-19-13-21(23(24,25)26)30-18-8-7-14(2)11-17(18)19/h7-11,13,15-16H,3-6,12H2,1-2H3,(H,28,30)(H,29,32)/t15-,16+/m0/s1. The maximum atomic E-state index is 13.4. The number of nitrogens with one attached hydrogen (secondary N) is 2. The zero-order chi connectivity index (χ0) is 22.9. The monoisotopic (exact) mass is 445 g/mol. The summed E-state index contributed by atoms with van der Waals surface area (Å²) in [6, 6.07) is 7.87. The van der Waals surface area contributed by atoms with Crippen molar-refractivity contribution >= 4 is 22.5 Å². The first-order valence-electron chi connectivity index (χ1n) is 10.8. The molecule has 0 aliphatic heterocycles. The first-order chi connectivity index (χ1) is 15.2. The summed E-state index contributed by atoms with van der Waals surface area (Å²) in [4.78, 5) is 16.5. The van der Waals surface area contributed by atoms with Gasteiger partial charge in [-0.25, -0.2) is 4.98 Å². The predicted molar refractivity (Wildman–Crippen MR) is 117 cm³/mol. The Kier molecular flexibility index (Phi) is 6.08. The van der Waals surface area contributed by atoms with E-state index in [1.54, 1.807) is 29.1 Å². The first-order valence-corrected chi connectivity index (χ1v) is 10.8. The minimum Gasteiger partial charge on any atom is -0.382 e. The van der Waals surface area contributed by atoms with Crippen molar-refractivity contribution in [2.75, 3.05) is 5.32 Å². The molecule has 2 aromatic heterocycles. The van der Waals surface area contributed by atoms with Crippen LogP contribution in [0.25, 0.3) is 10.9 Å². The number of halogens is 3. The van der Waals surface area contributed by atoms with Crippen molar-refractivity contribution in [1.29, 1.82) is 0 Å². The Labute approximate surface area is 184 Å². The summed E-state index contributed by atoms with van der Waals surface area (Å²) in [5.41, 5.74) is 1.27. The number of nitrogens with zero attached hydrogens (tertiary/aromatic N) is 3. The lowest BCUT2D eigenvalue weighted by atomic mass is 9.90. The molecule has 1 aliphatic rings. The van der Waals surface area contributed by atoms with Crippen LogP contribution in [0.2, 0.25) is 0 Å². The van der Waals surface area contributed by atoms with Crippen LogP contribution in [0.15, 0.2) is 36.5 Å². The van der Waals surface area contributed by atoms with Crippen molar-refractivity contribution in [3.05, 3.63) is 53.5 Å². The SMILES string of the molecule is CCn1nccc1C(=O)N[C@@H]1CCC[C@H](Nc2cc(C(F)(F)F)nc3ccc(C)cc23)C1. The molecule has 32 heavy (non-hydrogen) atoms. The number of hydrogen-bond acceptors (Lipinski definition) is 4. The van der Waals surface area contributed by atoms with Gasteiger partial charge >= 0.3 is 6.18 Å². The number of rotatable bonds is 5. The predicted octanol–water partition coefficient (Wildman–Crippen LogP) is 4.93. The van der Waals surface area contributed by atoms with Gasteiger partial charge in [0.15, 0.2) is 0 Å². The van der Waals surface area contributed by atoms with Crippen molar-refractivity contribution in [3.8, 4) is 0 Å². The molecule has 170 valence electrons. The molecule has 1 aliphatic carbocycles. The van der Waals surface area contributed by atoms with Gasteiger partial charge in [-0.15, -0.1) is 0 Å². The Morgan fingerprint density at radius 2 is 1.97 bits per heavy atom. The lowest BCUT2D eigenvalue weighted by Crippen LogP contribution is -2.42. The number of fused-ring (bicyclic) bond motifs is 1. The lowest BCUT2D eigenvalue weighted by molar-refractivity contribution is -0.140. The molecule has 1 saturated carbocycles. The molecule has 1 fully saturated rings. The van der Waals surface area contributed by atoms with Gasteiger partial charge in [0.2, 0.25) is 0 Å². The molecule has 1 amide bonds. The van der Waals surface area contributed by atoms with E-state index >= 15 is 0 Å². The third-order valence-corrected chi connectivity index (χ3v) is 5.87. The minimum absolute atomic E-state index is 0.0580. The maximum absolute atomic E-state index is 13.4. The van der Waals surface area contributed by atoms with Crippen molar-refractivity contribution in [3.63, 3.8) is 0 Å². The van der Waals surface area contributed by atoms with E-state index in [9.17, 15) is 18.0 Å². The molecular weight excluding hydrogens is 419 g/mol. The van der Waals surface area contributed by atoms with E-state index in [1.807, 2.05) is 19.9 Å². The number of carbonyl (C=O) groups excluding carboxylic acids is 1. The molecule has 0 radical (unpaired) electrons. The summed E-state index contributed by atoms with van der Waals surface area (Å²) in [5.74, 6) is -0.181. The average molecular weight is 445 g/mol. The Bertz CT molecular complexity index is 1120. The highest BCUT2D eigenvalue weighted by molar-refractivity contribution is 5.93. The molecule has 4 rings (SSSR count). The van der Waals surface area contributed by atoms with Crippen LogP contribution in [-0.2, 0) is 12.7 Å². The molecule has 0 spiro atoms. The molecule has 3 aromatic rings. The van der Waals surface area contributed by atoms with Gasteiger partial charge in [-0.1, -0.05) is 11.6 Å². The van der Waals surface area contributed by atoms with E-state index < -0.39 is 11.9 Å². The van der Waals surface area contributed by atoms with E-state index in [1.165, 1.54) is 0 Å². The number of alkyl halides is 3. The van der Waals surface area contributed by atoms with Gasteiger partial charge in [-0.3, -0.25) is 9.48 Å². The van der Waals surface area contributed by atoms with Gasteiger partial charge in [-0.05, 0) is 63.8 Å². The van der Waals surface area contributed by atoms with Gasteiger partial charge in [0, 0.05) is 35.9 Å². The van der Waals surface area contributed by atoms with Crippen LogP contribution in [0, 0.1) is 6.92 Å². The summed E-state index contributed by atoms with van der Waals surface area (Å²) in [7, 11) is 0.